The quantitative estimate of drug-likeness (QED) is 0.503. The molecule has 5 nitrogen and oxygen atoms in total. The zero-order valence-electron chi connectivity index (χ0n) is 12.4. The second-order valence-corrected chi connectivity index (χ2v) is 6.24. The minimum Gasteiger partial charge on any atom is -0.454 e. The van der Waals surface area contributed by atoms with Crippen molar-refractivity contribution in [2.75, 3.05) is 13.3 Å². The molecule has 3 heterocycles. The zero-order chi connectivity index (χ0) is 16.7. The summed E-state index contributed by atoms with van der Waals surface area (Å²) in [6, 6.07) is 6.86. The van der Waals surface area contributed by atoms with Crippen molar-refractivity contribution in [3.05, 3.63) is 57.3 Å². The molecule has 4 rings (SSSR count). The number of hydrogen-bond donors (Lipinski definition) is 1. The molecule has 0 unspecified atom stereocenters. The Hall–Kier alpha value is -2.24. The minimum absolute atomic E-state index is 0.185. The number of ether oxygens (including phenoxy) is 2. The highest BCUT2D eigenvalue weighted by atomic mass is 35.5. The number of pyridine rings is 1. The number of hydrogen-bond acceptors (Lipinski definition) is 5. The lowest BCUT2D eigenvalue weighted by atomic mass is 9.96. The van der Waals surface area contributed by atoms with Gasteiger partial charge in [0.05, 0.1) is 0 Å². The van der Waals surface area contributed by atoms with Gasteiger partial charge in [0.15, 0.2) is 17.3 Å². The van der Waals surface area contributed by atoms with E-state index in [9.17, 15) is 4.79 Å². The van der Waals surface area contributed by atoms with Gasteiger partial charge in [-0.05, 0) is 36.2 Å². The van der Waals surface area contributed by atoms with Gasteiger partial charge in [-0.1, -0.05) is 23.2 Å². The van der Waals surface area contributed by atoms with E-state index >= 15 is 0 Å². The summed E-state index contributed by atoms with van der Waals surface area (Å²) in [6.45, 7) is 0.960. The molecule has 2 aliphatic rings. The molecule has 0 saturated heterocycles. The first-order chi connectivity index (χ1) is 11.6. The highest BCUT2D eigenvalue weighted by Crippen LogP contribution is 2.38. The van der Waals surface area contributed by atoms with Crippen LogP contribution < -0.4 is 14.8 Å². The number of allylic oxidation sites excluding steroid dienone is 1. The number of nitrogens with zero attached hydrogens (tertiary/aromatic N) is 1. The van der Waals surface area contributed by atoms with E-state index in [0.29, 0.717) is 11.3 Å². The van der Waals surface area contributed by atoms with E-state index in [0.717, 1.165) is 35.5 Å². The first kappa shape index (κ1) is 15.3. The smallest absolute Gasteiger partial charge is 0.231 e. The summed E-state index contributed by atoms with van der Waals surface area (Å²) in [6.07, 6.45) is 2.40. The molecule has 1 aromatic heterocycles. The van der Waals surface area contributed by atoms with Gasteiger partial charge < -0.3 is 14.8 Å². The molecule has 2 aliphatic heterocycles. The second-order valence-electron chi connectivity index (χ2n) is 5.46. The Kier molecular flexibility index (Phi) is 3.82. The maximum atomic E-state index is 12.5. The molecular weight excluding hydrogens is 351 g/mol. The van der Waals surface area contributed by atoms with Crippen molar-refractivity contribution in [2.24, 2.45) is 0 Å². The molecule has 0 fully saturated rings. The molecule has 0 radical (unpaired) electrons. The predicted molar refractivity (Wildman–Crippen MR) is 90.8 cm³/mol. The molecule has 0 amide bonds. The molecule has 2 aromatic rings. The molecule has 0 bridgehead atoms. The third kappa shape index (κ3) is 2.81. The normalized spacial score (nSPS) is 16.7. The Morgan fingerprint density at radius 2 is 1.83 bits per heavy atom. The second kappa shape index (κ2) is 6.00. The number of carbonyl (C=O) groups is 1. The predicted octanol–water partition coefficient (Wildman–Crippen LogP) is 3.49. The Morgan fingerprint density at radius 3 is 2.58 bits per heavy atom. The molecule has 0 spiro atoms. The van der Waals surface area contributed by atoms with Crippen molar-refractivity contribution in [3.63, 3.8) is 0 Å². The number of benzene rings is 1. The summed E-state index contributed by atoms with van der Waals surface area (Å²) in [4.78, 5) is 16.4. The number of fused-ring (bicyclic) bond motifs is 2. The van der Waals surface area contributed by atoms with Crippen LogP contribution in [0, 0.1) is 0 Å². The average molecular weight is 363 g/mol. The number of carbonyl (C=O) groups excluding carboxylic acids is 1. The number of nitrogens with one attached hydrogen (secondary N) is 1. The van der Waals surface area contributed by atoms with E-state index in [1.807, 2.05) is 12.1 Å². The van der Waals surface area contributed by atoms with Crippen LogP contribution in [0.4, 0.5) is 0 Å². The van der Waals surface area contributed by atoms with Crippen LogP contribution in [0.3, 0.4) is 0 Å². The number of halogens is 2. The van der Waals surface area contributed by atoms with Crippen LogP contribution in [0.15, 0.2) is 30.3 Å². The monoisotopic (exact) mass is 362 g/mol. The third-order valence-corrected chi connectivity index (χ3v) is 4.31. The summed E-state index contributed by atoms with van der Waals surface area (Å²) >= 11 is 11.7. The summed E-state index contributed by atoms with van der Waals surface area (Å²) in [5, 5.41) is 3.63. The topological polar surface area (TPSA) is 60.5 Å². The van der Waals surface area contributed by atoms with Crippen molar-refractivity contribution in [2.45, 2.75) is 6.42 Å². The first-order valence-electron chi connectivity index (χ1n) is 7.36. The fourth-order valence-electron chi connectivity index (χ4n) is 2.82. The van der Waals surface area contributed by atoms with Gasteiger partial charge in [-0.2, -0.15) is 0 Å². The fourth-order valence-corrected chi connectivity index (χ4v) is 3.28. The van der Waals surface area contributed by atoms with Crippen molar-refractivity contribution in [1.82, 2.24) is 10.3 Å². The molecule has 7 heteroatoms. The SMILES string of the molecule is O=C(/C=C1\NCCc2cc3c(cc21)OCO3)c1cc(Cl)nc(Cl)c1. The summed E-state index contributed by atoms with van der Waals surface area (Å²) in [5.74, 6) is 1.23. The van der Waals surface area contributed by atoms with Crippen molar-refractivity contribution in [1.29, 1.82) is 0 Å². The van der Waals surface area contributed by atoms with Crippen LogP contribution in [-0.4, -0.2) is 24.1 Å². The summed E-state index contributed by atoms with van der Waals surface area (Å²) < 4.78 is 10.8. The van der Waals surface area contributed by atoms with Gasteiger partial charge in [-0.3, -0.25) is 4.79 Å². The van der Waals surface area contributed by atoms with Gasteiger partial charge in [0.25, 0.3) is 0 Å². The third-order valence-electron chi connectivity index (χ3n) is 3.92. The number of aromatic nitrogens is 1. The summed E-state index contributed by atoms with van der Waals surface area (Å²) in [7, 11) is 0. The number of ketones is 1. The maximum Gasteiger partial charge on any atom is 0.231 e. The Bertz CT molecular complexity index is 860. The van der Waals surface area contributed by atoms with Crippen LogP contribution >= 0.6 is 23.2 Å². The zero-order valence-corrected chi connectivity index (χ0v) is 13.9. The molecule has 24 heavy (non-hydrogen) atoms. The van der Waals surface area contributed by atoms with E-state index < -0.39 is 0 Å². The van der Waals surface area contributed by atoms with E-state index in [1.54, 1.807) is 6.08 Å². The highest BCUT2D eigenvalue weighted by molar-refractivity contribution is 6.33. The minimum atomic E-state index is -0.200. The number of rotatable bonds is 2. The lowest BCUT2D eigenvalue weighted by Crippen LogP contribution is -2.23. The average Bonchev–Trinajstić information content (AvgIpc) is 2.99. The van der Waals surface area contributed by atoms with Crippen LogP contribution in [-0.2, 0) is 6.42 Å². The summed E-state index contributed by atoms with van der Waals surface area (Å²) in [5.41, 5.74) is 3.18. The molecule has 122 valence electrons. The molecule has 0 saturated carbocycles. The van der Waals surface area contributed by atoms with Crippen LogP contribution in [0.2, 0.25) is 10.3 Å². The Labute approximate surface area is 148 Å². The standard InChI is InChI=1S/C17H12Cl2N2O3/c18-16-4-10(5-17(19)21-16)13(22)7-12-11-6-15-14(23-8-24-15)3-9(11)1-2-20-12/h3-7,20H,1-2,8H2/b12-7-. The van der Waals surface area contributed by atoms with E-state index in [-0.39, 0.29) is 22.9 Å². The van der Waals surface area contributed by atoms with Crippen LogP contribution in [0.5, 0.6) is 11.5 Å². The fraction of sp³-hybridized carbons (Fsp3) is 0.176. The molecular formula is C17H12Cl2N2O3. The van der Waals surface area contributed by atoms with Crippen LogP contribution in [0.1, 0.15) is 21.5 Å². The van der Waals surface area contributed by atoms with Gasteiger partial charge in [-0.25, -0.2) is 4.98 Å². The van der Waals surface area contributed by atoms with Crippen molar-refractivity contribution in [3.8, 4) is 11.5 Å². The van der Waals surface area contributed by atoms with E-state index in [4.69, 9.17) is 32.7 Å². The van der Waals surface area contributed by atoms with Gasteiger partial charge in [0, 0.05) is 29.4 Å². The van der Waals surface area contributed by atoms with Crippen molar-refractivity contribution >= 4 is 34.7 Å². The van der Waals surface area contributed by atoms with Crippen molar-refractivity contribution < 1.29 is 14.3 Å². The van der Waals surface area contributed by atoms with E-state index in [1.165, 1.54) is 12.1 Å². The molecule has 0 aliphatic carbocycles. The maximum absolute atomic E-state index is 12.5. The van der Waals surface area contributed by atoms with Gasteiger partial charge >= 0.3 is 0 Å². The van der Waals surface area contributed by atoms with E-state index in [2.05, 4.69) is 10.3 Å². The largest absolute Gasteiger partial charge is 0.454 e. The van der Waals surface area contributed by atoms with Gasteiger partial charge in [0.2, 0.25) is 6.79 Å². The molecule has 0 atom stereocenters. The lowest BCUT2D eigenvalue weighted by molar-refractivity contribution is 0.104. The first-order valence-corrected chi connectivity index (χ1v) is 8.11. The lowest BCUT2D eigenvalue weighted by Gasteiger charge is -2.21. The molecule has 1 aromatic carbocycles. The van der Waals surface area contributed by atoms with Gasteiger partial charge in [0.1, 0.15) is 10.3 Å². The van der Waals surface area contributed by atoms with Crippen LogP contribution in [0.25, 0.3) is 5.70 Å². The van der Waals surface area contributed by atoms with Gasteiger partial charge in [-0.15, -0.1) is 0 Å². The Morgan fingerprint density at radius 1 is 1.12 bits per heavy atom. The molecule has 1 N–H and O–H groups in total. The Balaban J connectivity index is 1.73. The highest BCUT2D eigenvalue weighted by Gasteiger charge is 2.22.